The Morgan fingerprint density at radius 1 is 1.38 bits per heavy atom. The number of nitrogens with zero attached hydrogens (tertiary/aromatic N) is 3. The van der Waals surface area contributed by atoms with Gasteiger partial charge in [0.2, 0.25) is 5.89 Å². The third-order valence-corrected chi connectivity index (χ3v) is 2.92. The molecule has 0 bridgehead atoms. The summed E-state index contributed by atoms with van der Waals surface area (Å²) in [6.07, 6.45) is -2.84. The normalized spacial score (nSPS) is 11.1. The van der Waals surface area contributed by atoms with Crippen molar-refractivity contribution in [3.63, 3.8) is 0 Å². The molecule has 1 aromatic heterocycles. The van der Waals surface area contributed by atoms with E-state index in [0.29, 0.717) is 23.8 Å². The number of anilines is 1. The van der Waals surface area contributed by atoms with Crippen LogP contribution in [0, 0.1) is 11.3 Å². The van der Waals surface area contributed by atoms with Gasteiger partial charge in [0.1, 0.15) is 11.8 Å². The van der Waals surface area contributed by atoms with E-state index in [-0.39, 0.29) is 17.9 Å². The Balaban J connectivity index is 1.99. The first-order valence-electron chi connectivity index (χ1n) is 7.20. The fourth-order valence-corrected chi connectivity index (χ4v) is 1.88. The van der Waals surface area contributed by atoms with Gasteiger partial charge >= 0.3 is 6.18 Å². The van der Waals surface area contributed by atoms with Gasteiger partial charge in [0.05, 0.1) is 12.1 Å². The molecule has 0 aliphatic rings. The Morgan fingerprint density at radius 3 is 2.83 bits per heavy atom. The van der Waals surface area contributed by atoms with Gasteiger partial charge < -0.3 is 14.6 Å². The monoisotopic (exact) mass is 340 g/mol. The molecule has 128 valence electrons. The highest BCUT2D eigenvalue weighted by Crippen LogP contribution is 2.25. The van der Waals surface area contributed by atoms with Crippen LogP contribution in [-0.2, 0) is 13.0 Å². The van der Waals surface area contributed by atoms with Crippen LogP contribution in [0.3, 0.4) is 0 Å². The van der Waals surface area contributed by atoms with Gasteiger partial charge in [-0.1, -0.05) is 12.1 Å². The van der Waals surface area contributed by atoms with Crippen LogP contribution in [0.5, 0.6) is 5.75 Å². The van der Waals surface area contributed by atoms with Crippen molar-refractivity contribution in [1.82, 2.24) is 10.1 Å². The lowest BCUT2D eigenvalue weighted by Crippen LogP contribution is -2.19. The van der Waals surface area contributed by atoms with Gasteiger partial charge in [0.15, 0.2) is 12.4 Å². The Labute approximate surface area is 136 Å². The molecule has 1 N–H and O–H groups in total. The largest absolute Gasteiger partial charge is 0.483 e. The molecule has 0 aliphatic carbocycles. The first-order chi connectivity index (χ1) is 11.4. The minimum Gasteiger partial charge on any atom is -0.483 e. The molecule has 0 fully saturated rings. The summed E-state index contributed by atoms with van der Waals surface area (Å²) in [4.78, 5) is 4.18. The summed E-state index contributed by atoms with van der Waals surface area (Å²) in [6, 6.07) is 6.02. The van der Waals surface area contributed by atoms with Crippen molar-refractivity contribution in [2.75, 3.05) is 11.9 Å². The Hall–Kier alpha value is -2.76. The number of halogens is 3. The van der Waals surface area contributed by atoms with Crippen LogP contribution in [-0.4, -0.2) is 22.9 Å². The third-order valence-electron chi connectivity index (χ3n) is 2.92. The van der Waals surface area contributed by atoms with E-state index in [9.17, 15) is 13.2 Å². The number of ether oxygens (including phenoxy) is 1. The summed E-state index contributed by atoms with van der Waals surface area (Å²) in [7, 11) is 0. The molecule has 0 atom stereocenters. The summed E-state index contributed by atoms with van der Waals surface area (Å²) < 4.78 is 46.2. The lowest BCUT2D eigenvalue weighted by molar-refractivity contribution is -0.153. The fraction of sp³-hybridized carbons (Fsp3) is 0.400. The van der Waals surface area contributed by atoms with Gasteiger partial charge in [-0.3, -0.25) is 0 Å². The summed E-state index contributed by atoms with van der Waals surface area (Å²) in [6.45, 7) is 0.793. The molecule has 2 aromatic rings. The molecule has 0 radical (unpaired) electrons. The second kappa shape index (κ2) is 7.68. The van der Waals surface area contributed by atoms with Crippen molar-refractivity contribution in [3.8, 4) is 11.8 Å². The van der Waals surface area contributed by atoms with Gasteiger partial charge in [-0.25, -0.2) is 0 Å². The highest BCUT2D eigenvalue weighted by atomic mass is 19.4. The zero-order valence-corrected chi connectivity index (χ0v) is 12.9. The van der Waals surface area contributed by atoms with Crippen molar-refractivity contribution >= 4 is 5.69 Å². The molecule has 0 spiro atoms. The van der Waals surface area contributed by atoms with Gasteiger partial charge in [-0.2, -0.15) is 23.4 Å². The lowest BCUT2D eigenvalue weighted by Gasteiger charge is -2.11. The van der Waals surface area contributed by atoms with Crippen molar-refractivity contribution in [3.05, 3.63) is 35.5 Å². The van der Waals surface area contributed by atoms with Gasteiger partial charge in [0, 0.05) is 12.1 Å². The molecule has 9 heteroatoms. The van der Waals surface area contributed by atoms with Crippen LogP contribution in [0.4, 0.5) is 18.9 Å². The smallest absolute Gasteiger partial charge is 0.422 e. The first kappa shape index (κ1) is 17.6. The number of aromatic nitrogens is 2. The highest BCUT2D eigenvalue weighted by Gasteiger charge is 2.28. The molecule has 2 rings (SSSR count). The predicted octanol–water partition coefficient (Wildman–Crippen LogP) is 3.45. The number of hydrogen-bond acceptors (Lipinski definition) is 6. The van der Waals surface area contributed by atoms with E-state index in [1.165, 1.54) is 18.2 Å². The quantitative estimate of drug-likeness (QED) is 0.831. The van der Waals surface area contributed by atoms with E-state index in [2.05, 4.69) is 20.2 Å². The van der Waals surface area contributed by atoms with E-state index < -0.39 is 12.8 Å². The third kappa shape index (κ3) is 5.15. The van der Waals surface area contributed by atoms with E-state index in [4.69, 9.17) is 9.78 Å². The molecule has 0 aliphatic heterocycles. The molecule has 0 saturated heterocycles. The summed E-state index contributed by atoms with van der Waals surface area (Å²) in [5, 5.41) is 15.8. The molecular formula is C15H15F3N4O2. The second-order valence-electron chi connectivity index (χ2n) is 4.93. The average Bonchev–Trinajstić information content (AvgIpc) is 2.98. The van der Waals surface area contributed by atoms with E-state index >= 15 is 0 Å². The number of hydrogen-bond donors (Lipinski definition) is 1. The lowest BCUT2D eigenvalue weighted by atomic mass is 10.2. The van der Waals surface area contributed by atoms with E-state index in [1.54, 1.807) is 0 Å². The number of aryl methyl sites for hydroxylation is 1. The zero-order chi connectivity index (χ0) is 17.6. The van der Waals surface area contributed by atoms with Crippen molar-refractivity contribution in [2.45, 2.75) is 32.5 Å². The zero-order valence-electron chi connectivity index (χ0n) is 12.9. The van der Waals surface area contributed by atoms with Crippen molar-refractivity contribution in [2.24, 2.45) is 0 Å². The molecule has 1 heterocycles. The Morgan fingerprint density at radius 2 is 2.17 bits per heavy atom. The van der Waals surface area contributed by atoms with Crippen molar-refractivity contribution in [1.29, 1.82) is 5.26 Å². The SMILES string of the molecule is CCCc1noc(CNc2ccc(OCC(F)(F)F)c(C#N)c2)n1. The number of nitriles is 1. The van der Waals surface area contributed by atoms with Crippen LogP contribution in [0.1, 0.15) is 30.6 Å². The van der Waals surface area contributed by atoms with Crippen LogP contribution < -0.4 is 10.1 Å². The van der Waals surface area contributed by atoms with Crippen LogP contribution in [0.2, 0.25) is 0 Å². The minimum atomic E-state index is -4.46. The highest BCUT2D eigenvalue weighted by molar-refractivity contribution is 5.55. The molecule has 24 heavy (non-hydrogen) atoms. The maximum absolute atomic E-state index is 12.2. The Bertz CT molecular complexity index is 722. The maximum atomic E-state index is 12.2. The molecule has 0 amide bonds. The molecule has 1 aromatic carbocycles. The molecule has 6 nitrogen and oxygen atoms in total. The van der Waals surface area contributed by atoms with Crippen molar-refractivity contribution < 1.29 is 22.4 Å². The number of alkyl halides is 3. The second-order valence-corrected chi connectivity index (χ2v) is 4.93. The Kier molecular flexibility index (Phi) is 5.63. The fourth-order valence-electron chi connectivity index (χ4n) is 1.88. The van der Waals surface area contributed by atoms with Gasteiger partial charge in [-0.05, 0) is 24.6 Å². The maximum Gasteiger partial charge on any atom is 0.422 e. The van der Waals surface area contributed by atoms with Gasteiger partial charge in [-0.15, -0.1) is 0 Å². The number of benzene rings is 1. The predicted molar refractivity (Wildman–Crippen MR) is 78.3 cm³/mol. The number of rotatable bonds is 7. The number of nitrogens with one attached hydrogen (secondary N) is 1. The summed E-state index contributed by atoms with van der Waals surface area (Å²) in [5.41, 5.74) is 0.530. The van der Waals surface area contributed by atoms with Gasteiger partial charge in [0.25, 0.3) is 0 Å². The summed E-state index contributed by atoms with van der Waals surface area (Å²) >= 11 is 0. The summed E-state index contributed by atoms with van der Waals surface area (Å²) in [5.74, 6) is 0.876. The topological polar surface area (TPSA) is 84.0 Å². The molecule has 0 unspecified atom stereocenters. The van der Waals surface area contributed by atoms with E-state index in [0.717, 1.165) is 6.42 Å². The molecular weight excluding hydrogens is 325 g/mol. The average molecular weight is 340 g/mol. The van der Waals surface area contributed by atoms with Crippen LogP contribution in [0.25, 0.3) is 0 Å². The van der Waals surface area contributed by atoms with Crippen LogP contribution in [0.15, 0.2) is 22.7 Å². The molecule has 0 saturated carbocycles. The first-order valence-corrected chi connectivity index (χ1v) is 7.20. The standard InChI is InChI=1S/C15H15F3N4O2/c1-2-3-13-21-14(24-22-13)8-20-11-4-5-12(10(6-11)7-19)23-9-15(16,17)18/h4-6,20H,2-3,8-9H2,1H3. The van der Waals surface area contributed by atoms with E-state index in [1.807, 2.05) is 13.0 Å². The van der Waals surface area contributed by atoms with Crippen LogP contribution >= 0.6 is 0 Å². The minimum absolute atomic E-state index is 0.00134.